The molecular weight excluding hydrogens is 374 g/mol. The summed E-state index contributed by atoms with van der Waals surface area (Å²) in [5, 5.41) is 0. The molecule has 7 heteroatoms. The lowest BCUT2D eigenvalue weighted by Gasteiger charge is -2.21. The predicted octanol–water partition coefficient (Wildman–Crippen LogP) is 3.42. The van der Waals surface area contributed by atoms with Crippen molar-refractivity contribution in [3.8, 4) is 5.75 Å². The number of benzene rings is 2. The highest BCUT2D eigenvalue weighted by molar-refractivity contribution is 7.89. The first-order valence-electron chi connectivity index (χ1n) is 8.94. The Labute approximate surface area is 166 Å². The third kappa shape index (κ3) is 3.95. The molecule has 1 aromatic heterocycles. The van der Waals surface area contributed by atoms with Gasteiger partial charge in [-0.25, -0.2) is 13.4 Å². The molecule has 3 aromatic rings. The average molecular weight is 400 g/mol. The summed E-state index contributed by atoms with van der Waals surface area (Å²) in [6.07, 6.45) is 3.44. The molecule has 0 aliphatic heterocycles. The van der Waals surface area contributed by atoms with Crippen LogP contribution in [0.3, 0.4) is 0 Å². The Balaban J connectivity index is 2.11. The number of imidazole rings is 1. The van der Waals surface area contributed by atoms with Gasteiger partial charge in [0.15, 0.2) is 0 Å². The molecular formula is C21H25N3O3S. The molecule has 0 spiro atoms. The molecule has 0 unspecified atom stereocenters. The van der Waals surface area contributed by atoms with Gasteiger partial charge in [0.25, 0.3) is 0 Å². The number of nitrogens with zero attached hydrogens (tertiary/aromatic N) is 2. The SMILES string of the molecule is COc1cccc([C@H](NS(=O)(=O)c2c(C)cc(C)cc2C)c2nccn2C)c1. The molecule has 148 valence electrons. The maximum atomic E-state index is 13.4. The number of hydrogen-bond donors (Lipinski definition) is 1. The normalized spacial score (nSPS) is 12.8. The molecule has 2 aromatic carbocycles. The Morgan fingerprint density at radius 2 is 1.79 bits per heavy atom. The maximum Gasteiger partial charge on any atom is 0.242 e. The molecule has 0 amide bonds. The summed E-state index contributed by atoms with van der Waals surface area (Å²) in [4.78, 5) is 4.69. The minimum Gasteiger partial charge on any atom is -0.497 e. The van der Waals surface area contributed by atoms with E-state index in [4.69, 9.17) is 4.74 Å². The van der Waals surface area contributed by atoms with Gasteiger partial charge in [0, 0.05) is 19.4 Å². The highest BCUT2D eigenvalue weighted by Crippen LogP contribution is 2.28. The fourth-order valence-electron chi connectivity index (χ4n) is 3.55. The van der Waals surface area contributed by atoms with Gasteiger partial charge in [0.05, 0.1) is 12.0 Å². The van der Waals surface area contributed by atoms with Crippen LogP contribution in [0.4, 0.5) is 0 Å². The van der Waals surface area contributed by atoms with Crippen molar-refractivity contribution in [1.82, 2.24) is 14.3 Å². The Kier molecular flexibility index (Phi) is 5.58. The number of ether oxygens (including phenoxy) is 1. The van der Waals surface area contributed by atoms with Crippen LogP contribution in [0.5, 0.6) is 5.75 Å². The predicted molar refractivity (Wildman–Crippen MR) is 109 cm³/mol. The van der Waals surface area contributed by atoms with Crippen molar-refractivity contribution < 1.29 is 13.2 Å². The van der Waals surface area contributed by atoms with Gasteiger partial charge in [0.1, 0.15) is 17.6 Å². The zero-order valence-electron chi connectivity index (χ0n) is 16.7. The molecule has 0 saturated carbocycles. The van der Waals surface area contributed by atoms with Gasteiger partial charge < -0.3 is 9.30 Å². The maximum absolute atomic E-state index is 13.4. The second kappa shape index (κ2) is 7.77. The lowest BCUT2D eigenvalue weighted by atomic mass is 10.1. The van der Waals surface area contributed by atoms with Crippen molar-refractivity contribution >= 4 is 10.0 Å². The number of rotatable bonds is 6. The lowest BCUT2D eigenvalue weighted by molar-refractivity contribution is 0.413. The van der Waals surface area contributed by atoms with E-state index in [1.807, 2.05) is 68.8 Å². The van der Waals surface area contributed by atoms with Crippen molar-refractivity contribution in [3.05, 3.63) is 76.9 Å². The number of aryl methyl sites for hydroxylation is 4. The zero-order chi connectivity index (χ0) is 20.5. The Morgan fingerprint density at radius 3 is 2.36 bits per heavy atom. The van der Waals surface area contributed by atoms with Crippen LogP contribution in [-0.4, -0.2) is 25.1 Å². The van der Waals surface area contributed by atoms with E-state index >= 15 is 0 Å². The van der Waals surface area contributed by atoms with Crippen molar-refractivity contribution in [1.29, 1.82) is 0 Å². The van der Waals surface area contributed by atoms with E-state index < -0.39 is 16.1 Å². The van der Waals surface area contributed by atoms with Crippen LogP contribution in [-0.2, 0) is 17.1 Å². The highest BCUT2D eigenvalue weighted by atomic mass is 32.2. The minimum atomic E-state index is -3.79. The molecule has 0 aliphatic carbocycles. The first-order chi connectivity index (χ1) is 13.2. The summed E-state index contributed by atoms with van der Waals surface area (Å²) in [5.74, 6) is 1.25. The topological polar surface area (TPSA) is 73.2 Å². The summed E-state index contributed by atoms with van der Waals surface area (Å²) >= 11 is 0. The van der Waals surface area contributed by atoms with E-state index in [9.17, 15) is 8.42 Å². The number of nitrogens with one attached hydrogen (secondary N) is 1. The molecule has 1 heterocycles. The van der Waals surface area contributed by atoms with Crippen LogP contribution in [0.15, 0.2) is 53.7 Å². The summed E-state index contributed by atoms with van der Waals surface area (Å²) in [6, 6.07) is 10.4. The summed E-state index contributed by atoms with van der Waals surface area (Å²) in [5.41, 5.74) is 3.21. The lowest BCUT2D eigenvalue weighted by Crippen LogP contribution is -2.32. The smallest absolute Gasteiger partial charge is 0.242 e. The first-order valence-corrected chi connectivity index (χ1v) is 10.4. The van der Waals surface area contributed by atoms with E-state index in [-0.39, 0.29) is 0 Å². The molecule has 0 fully saturated rings. The zero-order valence-corrected chi connectivity index (χ0v) is 17.5. The summed E-state index contributed by atoms with van der Waals surface area (Å²) < 4.78 is 36.7. The molecule has 0 aliphatic rings. The van der Waals surface area contributed by atoms with E-state index in [0.717, 1.165) is 11.1 Å². The molecule has 3 rings (SSSR count). The van der Waals surface area contributed by atoms with Gasteiger partial charge in [-0.2, -0.15) is 4.72 Å². The van der Waals surface area contributed by atoms with Gasteiger partial charge >= 0.3 is 0 Å². The monoisotopic (exact) mass is 399 g/mol. The number of aromatic nitrogens is 2. The molecule has 0 bridgehead atoms. The highest BCUT2D eigenvalue weighted by Gasteiger charge is 2.28. The van der Waals surface area contributed by atoms with Crippen molar-refractivity contribution in [2.45, 2.75) is 31.7 Å². The summed E-state index contributed by atoms with van der Waals surface area (Å²) in [6.45, 7) is 5.59. The molecule has 0 radical (unpaired) electrons. The quantitative estimate of drug-likeness (QED) is 0.689. The standard InChI is InChI=1S/C21H25N3O3S/c1-14-11-15(2)20(16(3)12-14)28(25,26)23-19(21-22-9-10-24(21)4)17-7-6-8-18(13-17)27-5/h6-13,19,23H,1-5H3/t19-/m0/s1. The van der Waals surface area contributed by atoms with Gasteiger partial charge in [-0.05, 0) is 49.6 Å². The van der Waals surface area contributed by atoms with Crippen molar-refractivity contribution in [2.75, 3.05) is 7.11 Å². The van der Waals surface area contributed by atoms with Crippen LogP contribution in [0.1, 0.15) is 34.1 Å². The number of sulfonamides is 1. The van der Waals surface area contributed by atoms with Gasteiger partial charge in [-0.15, -0.1) is 0 Å². The number of methoxy groups -OCH3 is 1. The first kappa shape index (κ1) is 20.1. The van der Waals surface area contributed by atoms with Crippen LogP contribution >= 0.6 is 0 Å². The van der Waals surface area contributed by atoms with E-state index in [2.05, 4.69) is 9.71 Å². The minimum absolute atomic E-state index is 0.306. The molecule has 6 nitrogen and oxygen atoms in total. The molecule has 1 atom stereocenters. The van der Waals surface area contributed by atoms with Gasteiger partial charge in [-0.3, -0.25) is 0 Å². The average Bonchev–Trinajstić information content (AvgIpc) is 3.04. The molecule has 0 saturated heterocycles. The molecule has 28 heavy (non-hydrogen) atoms. The van der Waals surface area contributed by atoms with Gasteiger partial charge in [-0.1, -0.05) is 29.8 Å². The van der Waals surface area contributed by atoms with Crippen molar-refractivity contribution in [2.24, 2.45) is 7.05 Å². The Morgan fingerprint density at radius 1 is 1.11 bits per heavy atom. The Bertz CT molecular complexity index is 1080. The van der Waals surface area contributed by atoms with Crippen LogP contribution < -0.4 is 9.46 Å². The Hall–Kier alpha value is -2.64. The third-order valence-corrected chi connectivity index (χ3v) is 6.42. The largest absolute Gasteiger partial charge is 0.497 e. The van der Waals surface area contributed by atoms with E-state index in [1.54, 1.807) is 19.5 Å². The second-order valence-electron chi connectivity index (χ2n) is 6.96. The van der Waals surface area contributed by atoms with E-state index in [0.29, 0.717) is 27.6 Å². The van der Waals surface area contributed by atoms with E-state index in [1.165, 1.54) is 0 Å². The van der Waals surface area contributed by atoms with Gasteiger partial charge in [0.2, 0.25) is 10.0 Å². The fraction of sp³-hybridized carbons (Fsp3) is 0.286. The fourth-order valence-corrected chi connectivity index (χ4v) is 5.19. The summed E-state index contributed by atoms with van der Waals surface area (Å²) in [7, 11) is -0.371. The van der Waals surface area contributed by atoms with Crippen molar-refractivity contribution in [3.63, 3.8) is 0 Å². The third-order valence-electron chi connectivity index (χ3n) is 4.69. The second-order valence-corrected chi connectivity index (χ2v) is 8.61. The molecule has 1 N–H and O–H groups in total. The van der Waals surface area contributed by atoms with Crippen LogP contribution in [0.25, 0.3) is 0 Å². The number of hydrogen-bond acceptors (Lipinski definition) is 4. The van der Waals surface area contributed by atoms with Crippen LogP contribution in [0.2, 0.25) is 0 Å². The van der Waals surface area contributed by atoms with Crippen LogP contribution in [0, 0.1) is 20.8 Å².